The zero-order valence-corrected chi connectivity index (χ0v) is 12.6. The summed E-state index contributed by atoms with van der Waals surface area (Å²) in [6, 6.07) is 6.14. The third-order valence-electron chi connectivity index (χ3n) is 3.62. The van der Waals surface area contributed by atoms with Gasteiger partial charge >= 0.3 is 5.97 Å². The van der Waals surface area contributed by atoms with Crippen molar-refractivity contribution in [1.82, 2.24) is 5.32 Å². The van der Waals surface area contributed by atoms with E-state index in [4.69, 9.17) is 5.11 Å². The van der Waals surface area contributed by atoms with Gasteiger partial charge in [-0.2, -0.15) is 0 Å². The van der Waals surface area contributed by atoms with Crippen LogP contribution in [-0.4, -0.2) is 34.2 Å². The molecule has 0 radical (unpaired) electrons. The minimum atomic E-state index is -1.28. The van der Waals surface area contributed by atoms with E-state index in [0.29, 0.717) is 12.8 Å². The SMILES string of the molecule is C[C@@H](O)[C@H](NC(=O)C1(c2ccc(Br)cc2)CC1)C(=O)O. The summed E-state index contributed by atoms with van der Waals surface area (Å²) >= 11 is 3.34. The summed E-state index contributed by atoms with van der Waals surface area (Å²) in [6.45, 7) is 1.35. The maximum Gasteiger partial charge on any atom is 0.328 e. The van der Waals surface area contributed by atoms with Crippen molar-refractivity contribution in [3.8, 4) is 0 Å². The van der Waals surface area contributed by atoms with E-state index in [1.165, 1.54) is 6.92 Å². The number of carbonyl (C=O) groups excluding carboxylic acids is 1. The number of halogens is 1. The molecule has 6 heteroatoms. The van der Waals surface area contributed by atoms with Crippen molar-refractivity contribution < 1.29 is 19.8 Å². The van der Waals surface area contributed by atoms with E-state index in [1.54, 1.807) is 0 Å². The zero-order chi connectivity index (χ0) is 14.9. The lowest BCUT2D eigenvalue weighted by Crippen LogP contribution is -2.50. The van der Waals surface area contributed by atoms with Crippen LogP contribution in [0.4, 0.5) is 0 Å². The molecule has 3 N–H and O–H groups in total. The van der Waals surface area contributed by atoms with Gasteiger partial charge in [-0.15, -0.1) is 0 Å². The number of rotatable bonds is 5. The average molecular weight is 342 g/mol. The Kier molecular flexibility index (Phi) is 4.15. The second-order valence-corrected chi connectivity index (χ2v) is 6.03. The van der Waals surface area contributed by atoms with Gasteiger partial charge in [0.05, 0.1) is 11.5 Å². The number of carboxylic acids is 1. The first-order chi connectivity index (χ1) is 9.36. The standard InChI is InChI=1S/C14H16BrNO4/c1-8(17)11(12(18)19)16-13(20)14(6-7-14)9-2-4-10(15)5-3-9/h2-5,8,11,17H,6-7H2,1H3,(H,16,20)(H,18,19)/t8-,11+/m1/s1. The maximum atomic E-state index is 12.3. The smallest absolute Gasteiger partial charge is 0.328 e. The van der Waals surface area contributed by atoms with Crippen molar-refractivity contribution in [1.29, 1.82) is 0 Å². The van der Waals surface area contributed by atoms with Gasteiger partial charge in [-0.25, -0.2) is 4.79 Å². The predicted molar refractivity (Wildman–Crippen MR) is 76.3 cm³/mol. The molecular weight excluding hydrogens is 326 g/mol. The maximum absolute atomic E-state index is 12.3. The van der Waals surface area contributed by atoms with Gasteiger partial charge in [0.1, 0.15) is 0 Å². The molecular formula is C14H16BrNO4. The van der Waals surface area contributed by atoms with Gasteiger partial charge in [0.15, 0.2) is 6.04 Å². The van der Waals surface area contributed by atoms with Gasteiger partial charge in [-0.05, 0) is 37.5 Å². The van der Waals surface area contributed by atoms with Crippen LogP contribution in [0.1, 0.15) is 25.3 Å². The van der Waals surface area contributed by atoms with E-state index < -0.39 is 23.5 Å². The van der Waals surface area contributed by atoms with Gasteiger partial charge in [-0.1, -0.05) is 28.1 Å². The van der Waals surface area contributed by atoms with Crippen molar-refractivity contribution in [3.63, 3.8) is 0 Å². The minimum Gasteiger partial charge on any atom is -0.480 e. The van der Waals surface area contributed by atoms with Crippen molar-refractivity contribution in [2.24, 2.45) is 0 Å². The van der Waals surface area contributed by atoms with Crippen LogP contribution in [0.5, 0.6) is 0 Å². The molecule has 1 aliphatic carbocycles. The third-order valence-corrected chi connectivity index (χ3v) is 4.15. The first-order valence-corrected chi connectivity index (χ1v) is 7.14. The van der Waals surface area contributed by atoms with E-state index in [2.05, 4.69) is 21.2 Å². The van der Waals surface area contributed by atoms with E-state index in [0.717, 1.165) is 10.0 Å². The molecule has 0 aliphatic heterocycles. The molecule has 1 aromatic rings. The molecule has 0 aromatic heterocycles. The summed E-state index contributed by atoms with van der Waals surface area (Å²) in [4.78, 5) is 23.4. The summed E-state index contributed by atoms with van der Waals surface area (Å²) in [5.41, 5.74) is 0.219. The van der Waals surface area contributed by atoms with Crippen molar-refractivity contribution in [3.05, 3.63) is 34.3 Å². The first-order valence-electron chi connectivity index (χ1n) is 6.35. The van der Waals surface area contributed by atoms with Crippen molar-refractivity contribution >= 4 is 27.8 Å². The Labute approximate surface area is 125 Å². The predicted octanol–water partition coefficient (Wildman–Crippen LogP) is 1.43. The Morgan fingerprint density at radius 3 is 2.25 bits per heavy atom. The van der Waals surface area contributed by atoms with Crippen molar-refractivity contribution in [2.75, 3.05) is 0 Å². The Morgan fingerprint density at radius 1 is 1.30 bits per heavy atom. The lowest BCUT2D eigenvalue weighted by Gasteiger charge is -2.21. The number of hydrogen-bond acceptors (Lipinski definition) is 3. The van der Waals surface area contributed by atoms with Crippen LogP contribution in [-0.2, 0) is 15.0 Å². The average Bonchev–Trinajstić information content (AvgIpc) is 3.17. The highest BCUT2D eigenvalue weighted by Crippen LogP contribution is 2.48. The third kappa shape index (κ3) is 2.86. The monoisotopic (exact) mass is 341 g/mol. The highest BCUT2D eigenvalue weighted by molar-refractivity contribution is 9.10. The normalized spacial score (nSPS) is 18.9. The van der Waals surface area contributed by atoms with Crippen LogP contribution in [0, 0.1) is 0 Å². The lowest BCUT2D eigenvalue weighted by atomic mass is 9.94. The fourth-order valence-electron chi connectivity index (χ4n) is 2.21. The molecule has 2 atom stereocenters. The molecule has 108 valence electrons. The summed E-state index contributed by atoms with van der Waals surface area (Å²) in [6.07, 6.45) is 0.233. The molecule has 1 fully saturated rings. The summed E-state index contributed by atoms with van der Waals surface area (Å²) in [5.74, 6) is -1.58. The number of aliphatic carboxylic acids is 1. The molecule has 0 bridgehead atoms. The summed E-state index contributed by atoms with van der Waals surface area (Å²) in [5, 5.41) is 20.9. The van der Waals surface area contributed by atoms with Crippen LogP contribution in [0.25, 0.3) is 0 Å². The van der Waals surface area contributed by atoms with Gasteiger partial charge in [0, 0.05) is 4.47 Å². The largest absolute Gasteiger partial charge is 0.480 e. The van der Waals surface area contributed by atoms with Crippen LogP contribution in [0.3, 0.4) is 0 Å². The number of aliphatic hydroxyl groups is 1. The second kappa shape index (κ2) is 5.54. The van der Waals surface area contributed by atoms with Crippen LogP contribution in [0.15, 0.2) is 28.7 Å². The number of aliphatic hydroxyl groups excluding tert-OH is 1. The first kappa shape index (κ1) is 15.0. The molecule has 1 aromatic carbocycles. The fraction of sp³-hybridized carbons (Fsp3) is 0.429. The molecule has 2 rings (SSSR count). The Morgan fingerprint density at radius 2 is 1.85 bits per heavy atom. The Bertz CT molecular complexity index is 522. The fourth-order valence-corrected chi connectivity index (χ4v) is 2.47. The minimum absolute atomic E-state index is 0.340. The number of carbonyl (C=O) groups is 2. The Balaban J connectivity index is 2.16. The van der Waals surface area contributed by atoms with Gasteiger partial charge in [-0.3, -0.25) is 4.79 Å². The summed E-state index contributed by atoms with van der Waals surface area (Å²) in [7, 11) is 0. The van der Waals surface area contributed by atoms with Crippen LogP contribution in [0.2, 0.25) is 0 Å². The zero-order valence-electron chi connectivity index (χ0n) is 11.0. The van der Waals surface area contributed by atoms with Crippen molar-refractivity contribution in [2.45, 2.75) is 37.3 Å². The van der Waals surface area contributed by atoms with E-state index >= 15 is 0 Å². The van der Waals surface area contributed by atoms with E-state index in [1.807, 2.05) is 24.3 Å². The molecule has 0 saturated heterocycles. The second-order valence-electron chi connectivity index (χ2n) is 5.12. The number of benzene rings is 1. The van der Waals surface area contributed by atoms with Crippen LogP contribution >= 0.6 is 15.9 Å². The Hall–Kier alpha value is -1.40. The lowest BCUT2D eigenvalue weighted by molar-refractivity contribution is -0.145. The molecule has 1 amide bonds. The number of nitrogens with one attached hydrogen (secondary N) is 1. The number of carboxylic acid groups (broad SMARTS) is 1. The molecule has 1 aliphatic rings. The topological polar surface area (TPSA) is 86.6 Å². The summed E-state index contributed by atoms with van der Waals surface area (Å²) < 4.78 is 0.921. The van der Waals surface area contributed by atoms with E-state index in [-0.39, 0.29) is 5.91 Å². The van der Waals surface area contributed by atoms with E-state index in [9.17, 15) is 14.7 Å². The molecule has 0 unspecified atom stereocenters. The van der Waals surface area contributed by atoms with Gasteiger partial charge in [0.25, 0.3) is 0 Å². The molecule has 0 heterocycles. The quantitative estimate of drug-likeness (QED) is 0.756. The highest BCUT2D eigenvalue weighted by atomic mass is 79.9. The number of amides is 1. The van der Waals surface area contributed by atoms with Crippen LogP contribution < -0.4 is 5.32 Å². The molecule has 20 heavy (non-hydrogen) atoms. The number of hydrogen-bond donors (Lipinski definition) is 3. The molecule has 1 saturated carbocycles. The van der Waals surface area contributed by atoms with Gasteiger partial charge < -0.3 is 15.5 Å². The van der Waals surface area contributed by atoms with Gasteiger partial charge in [0.2, 0.25) is 5.91 Å². The molecule has 5 nitrogen and oxygen atoms in total. The molecule has 0 spiro atoms. The highest BCUT2D eigenvalue weighted by Gasteiger charge is 2.52.